The molecule has 0 saturated heterocycles. The van der Waals surface area contributed by atoms with Gasteiger partial charge < -0.3 is 10.6 Å². The maximum atomic E-state index is 13.3. The molecule has 0 bridgehead atoms. The summed E-state index contributed by atoms with van der Waals surface area (Å²) in [4.78, 5) is 4.56. The Morgan fingerprint density at radius 3 is 2.72 bits per heavy atom. The summed E-state index contributed by atoms with van der Waals surface area (Å²) in [6, 6.07) is 5.11. The van der Waals surface area contributed by atoms with Crippen LogP contribution in [0.25, 0.3) is 0 Å². The first-order valence-corrected chi connectivity index (χ1v) is 8.36. The van der Waals surface area contributed by atoms with Crippen LogP contribution >= 0.6 is 24.0 Å². The van der Waals surface area contributed by atoms with Crippen molar-refractivity contribution in [3.8, 4) is 0 Å². The van der Waals surface area contributed by atoms with Gasteiger partial charge in [-0.2, -0.15) is 5.10 Å². The molecule has 0 unspecified atom stereocenters. The average molecular weight is 459 g/mol. The topological polar surface area (TPSA) is 65.1 Å². The molecule has 7 heteroatoms. The molecule has 5 nitrogen and oxygen atoms in total. The Balaban J connectivity index is 0.00000312. The summed E-state index contributed by atoms with van der Waals surface area (Å²) in [5.74, 6) is 0.602. The second-order valence-corrected chi connectivity index (χ2v) is 5.83. The first kappa shape index (κ1) is 21.4. The normalized spacial score (nSPS) is 11.1. The van der Waals surface area contributed by atoms with Crippen molar-refractivity contribution in [1.82, 2.24) is 20.8 Å². The lowest BCUT2D eigenvalue weighted by molar-refractivity contribution is 0.617. The Bertz CT molecular complexity index is 684. The van der Waals surface area contributed by atoms with Crippen molar-refractivity contribution in [3.05, 3.63) is 52.6 Å². The van der Waals surface area contributed by atoms with Crippen LogP contribution in [0.2, 0.25) is 0 Å². The van der Waals surface area contributed by atoms with Crippen molar-refractivity contribution in [1.29, 1.82) is 0 Å². The van der Waals surface area contributed by atoms with Gasteiger partial charge in [0.25, 0.3) is 0 Å². The molecule has 138 valence electrons. The summed E-state index contributed by atoms with van der Waals surface area (Å²) in [5, 5.41) is 13.5. The third kappa shape index (κ3) is 7.01. The predicted octanol–water partition coefficient (Wildman–Crippen LogP) is 3.47. The van der Waals surface area contributed by atoms with Crippen LogP contribution in [0.5, 0.6) is 0 Å². The van der Waals surface area contributed by atoms with Crippen molar-refractivity contribution in [2.24, 2.45) is 4.99 Å². The second kappa shape index (κ2) is 11.1. The number of aliphatic imine (C=N–C) groups is 1. The van der Waals surface area contributed by atoms with E-state index in [1.165, 1.54) is 11.6 Å². The predicted molar refractivity (Wildman–Crippen MR) is 111 cm³/mol. The fraction of sp³-hybridized carbons (Fsp3) is 0.444. The fourth-order valence-electron chi connectivity index (χ4n) is 2.43. The number of nitrogens with one attached hydrogen (secondary N) is 3. The van der Waals surface area contributed by atoms with Crippen molar-refractivity contribution in [2.45, 2.75) is 40.2 Å². The maximum absolute atomic E-state index is 13.3. The van der Waals surface area contributed by atoms with E-state index in [1.807, 2.05) is 26.1 Å². The minimum atomic E-state index is -0.178. The molecule has 2 aromatic rings. The number of halogens is 2. The van der Waals surface area contributed by atoms with Gasteiger partial charge in [0.1, 0.15) is 5.82 Å². The average Bonchev–Trinajstić information content (AvgIpc) is 2.97. The number of nitrogens with zero attached hydrogens (tertiary/aromatic N) is 2. The number of aryl methyl sites for hydroxylation is 3. The number of H-pyrrole nitrogens is 1. The molecule has 1 aromatic carbocycles. The third-order valence-corrected chi connectivity index (χ3v) is 3.84. The molecule has 0 saturated carbocycles. The Morgan fingerprint density at radius 1 is 1.28 bits per heavy atom. The second-order valence-electron chi connectivity index (χ2n) is 5.83. The van der Waals surface area contributed by atoms with Gasteiger partial charge in [0.05, 0.1) is 12.7 Å². The van der Waals surface area contributed by atoms with E-state index in [9.17, 15) is 4.39 Å². The molecule has 0 aliphatic rings. The minimum absolute atomic E-state index is 0. The van der Waals surface area contributed by atoms with Crippen LogP contribution in [0.15, 0.2) is 29.4 Å². The smallest absolute Gasteiger partial charge is 0.191 e. The number of aromatic nitrogens is 2. The zero-order chi connectivity index (χ0) is 17.4. The molecular formula is C18H27FIN5. The number of hydrogen-bond acceptors (Lipinski definition) is 2. The third-order valence-electron chi connectivity index (χ3n) is 3.84. The lowest BCUT2D eigenvalue weighted by atomic mass is 10.1. The van der Waals surface area contributed by atoms with Crippen LogP contribution in [0.1, 0.15) is 35.7 Å². The van der Waals surface area contributed by atoms with Crippen molar-refractivity contribution in [3.63, 3.8) is 0 Å². The van der Waals surface area contributed by atoms with E-state index in [2.05, 4.69) is 25.8 Å². The maximum Gasteiger partial charge on any atom is 0.191 e. The Kier molecular flexibility index (Phi) is 9.48. The summed E-state index contributed by atoms with van der Waals surface area (Å²) in [7, 11) is 0. The fourth-order valence-corrected chi connectivity index (χ4v) is 2.43. The van der Waals surface area contributed by atoms with Crippen LogP contribution in [0.3, 0.4) is 0 Å². The van der Waals surface area contributed by atoms with E-state index in [1.54, 1.807) is 13.0 Å². The van der Waals surface area contributed by atoms with Gasteiger partial charge in [0, 0.05) is 18.8 Å². The Labute approximate surface area is 165 Å². The van der Waals surface area contributed by atoms with Gasteiger partial charge in [0.15, 0.2) is 5.96 Å². The monoisotopic (exact) mass is 459 g/mol. The number of hydrogen-bond donors (Lipinski definition) is 3. The summed E-state index contributed by atoms with van der Waals surface area (Å²) < 4.78 is 13.3. The summed E-state index contributed by atoms with van der Waals surface area (Å²) in [6.45, 7) is 8.00. The van der Waals surface area contributed by atoms with E-state index in [-0.39, 0.29) is 29.8 Å². The van der Waals surface area contributed by atoms with Crippen LogP contribution in [0.4, 0.5) is 4.39 Å². The quantitative estimate of drug-likeness (QED) is 0.257. The van der Waals surface area contributed by atoms with Crippen LogP contribution in [-0.2, 0) is 13.0 Å². The molecule has 2 rings (SSSR count). The summed E-state index contributed by atoms with van der Waals surface area (Å²) in [6.07, 6.45) is 3.86. The van der Waals surface area contributed by atoms with E-state index in [4.69, 9.17) is 0 Å². The highest BCUT2D eigenvalue weighted by molar-refractivity contribution is 14.0. The highest BCUT2D eigenvalue weighted by Crippen LogP contribution is 2.10. The molecule has 25 heavy (non-hydrogen) atoms. The lowest BCUT2D eigenvalue weighted by Gasteiger charge is -2.11. The van der Waals surface area contributed by atoms with E-state index >= 15 is 0 Å². The zero-order valence-electron chi connectivity index (χ0n) is 15.0. The summed E-state index contributed by atoms with van der Waals surface area (Å²) >= 11 is 0. The zero-order valence-corrected chi connectivity index (χ0v) is 17.4. The highest BCUT2D eigenvalue weighted by atomic mass is 127. The SMILES string of the molecule is CCNC(=NCc1ccc(F)c(C)c1)NCCCc1cn[nH]c1C.I. The van der Waals surface area contributed by atoms with Gasteiger partial charge >= 0.3 is 0 Å². The summed E-state index contributed by atoms with van der Waals surface area (Å²) in [5.41, 5.74) is 4.03. The van der Waals surface area contributed by atoms with Crippen LogP contribution in [0, 0.1) is 19.7 Å². The van der Waals surface area contributed by atoms with Crippen LogP contribution in [-0.4, -0.2) is 29.2 Å². The van der Waals surface area contributed by atoms with Gasteiger partial charge in [-0.1, -0.05) is 12.1 Å². The van der Waals surface area contributed by atoms with Gasteiger partial charge in [-0.05, 0) is 56.4 Å². The molecule has 1 aromatic heterocycles. The number of guanidine groups is 1. The van der Waals surface area contributed by atoms with Crippen molar-refractivity contribution in [2.75, 3.05) is 13.1 Å². The number of benzene rings is 1. The number of rotatable bonds is 7. The number of aromatic amines is 1. The Morgan fingerprint density at radius 2 is 2.08 bits per heavy atom. The van der Waals surface area contributed by atoms with Gasteiger partial charge in [0.2, 0.25) is 0 Å². The van der Waals surface area contributed by atoms with Gasteiger partial charge in [-0.15, -0.1) is 24.0 Å². The largest absolute Gasteiger partial charge is 0.357 e. The van der Waals surface area contributed by atoms with E-state index in [0.717, 1.165) is 43.1 Å². The van der Waals surface area contributed by atoms with Crippen molar-refractivity contribution >= 4 is 29.9 Å². The van der Waals surface area contributed by atoms with Crippen LogP contribution < -0.4 is 10.6 Å². The molecule has 0 radical (unpaired) electrons. The molecule has 0 aliphatic carbocycles. The highest BCUT2D eigenvalue weighted by Gasteiger charge is 2.02. The molecule has 3 N–H and O–H groups in total. The van der Waals surface area contributed by atoms with Gasteiger partial charge in [-0.25, -0.2) is 9.38 Å². The molecule has 0 spiro atoms. The standard InChI is InChI=1S/C18H26FN5.HI/c1-4-20-18(21-9-5-6-16-12-23-24-14(16)3)22-11-15-7-8-17(19)13(2)10-15;/h7-8,10,12H,4-6,9,11H2,1-3H3,(H,23,24)(H2,20,21,22);1H. The van der Waals surface area contributed by atoms with E-state index in [0.29, 0.717) is 12.1 Å². The molecule has 0 atom stereocenters. The first-order chi connectivity index (χ1) is 11.6. The first-order valence-electron chi connectivity index (χ1n) is 8.36. The molecule has 1 heterocycles. The Hall–Kier alpha value is -1.64. The van der Waals surface area contributed by atoms with Crippen molar-refractivity contribution < 1.29 is 4.39 Å². The van der Waals surface area contributed by atoms with E-state index < -0.39 is 0 Å². The molecule has 0 aliphatic heterocycles. The molecule has 0 amide bonds. The van der Waals surface area contributed by atoms with Gasteiger partial charge in [-0.3, -0.25) is 5.10 Å². The minimum Gasteiger partial charge on any atom is -0.357 e. The molecule has 0 fully saturated rings. The lowest BCUT2D eigenvalue weighted by Crippen LogP contribution is -2.37. The molecular weight excluding hydrogens is 432 g/mol.